The van der Waals surface area contributed by atoms with Crippen LogP contribution in [0.15, 0.2) is 18.2 Å². The number of amides is 3. The molecule has 1 aromatic rings. The quantitative estimate of drug-likeness (QED) is 0.711. The van der Waals surface area contributed by atoms with E-state index in [-0.39, 0.29) is 29.7 Å². The van der Waals surface area contributed by atoms with Crippen molar-refractivity contribution in [1.82, 2.24) is 9.80 Å². The summed E-state index contributed by atoms with van der Waals surface area (Å²) in [6, 6.07) is 5.51. The number of benzene rings is 1. The molecule has 5 rings (SSSR count). The van der Waals surface area contributed by atoms with E-state index >= 15 is 0 Å². The molecule has 0 unspecified atom stereocenters. The van der Waals surface area contributed by atoms with Crippen molar-refractivity contribution in [2.75, 3.05) is 44.2 Å². The maximum absolute atomic E-state index is 13.2. The largest absolute Gasteiger partial charge is 0.376 e. The van der Waals surface area contributed by atoms with Crippen molar-refractivity contribution in [2.24, 2.45) is 5.92 Å². The molecule has 0 spiro atoms. The van der Waals surface area contributed by atoms with Crippen LogP contribution in [0.2, 0.25) is 0 Å². The number of likely N-dealkylation sites (tertiary alicyclic amines) is 1. The summed E-state index contributed by atoms with van der Waals surface area (Å²) in [5, 5.41) is 0. The van der Waals surface area contributed by atoms with E-state index in [0.29, 0.717) is 30.8 Å². The SMILES string of the molecule is O=C([C@@H]1CCCN(c2cccc3c2C(=O)N(C[C@@H]2CCCO2)C3=O)C1)N1CCCC1. The van der Waals surface area contributed by atoms with Gasteiger partial charge in [-0.1, -0.05) is 6.07 Å². The lowest BCUT2D eigenvalue weighted by Gasteiger charge is -2.36. The van der Waals surface area contributed by atoms with Crippen LogP contribution in [-0.2, 0) is 9.53 Å². The molecule has 0 saturated carbocycles. The van der Waals surface area contributed by atoms with Gasteiger partial charge in [0.25, 0.3) is 11.8 Å². The molecular weight excluding hydrogens is 382 g/mol. The van der Waals surface area contributed by atoms with E-state index in [0.717, 1.165) is 63.8 Å². The molecule has 0 aliphatic carbocycles. The fourth-order valence-corrected chi connectivity index (χ4v) is 5.33. The van der Waals surface area contributed by atoms with E-state index < -0.39 is 0 Å². The Morgan fingerprint density at radius 1 is 1.00 bits per heavy atom. The van der Waals surface area contributed by atoms with E-state index in [1.54, 1.807) is 6.07 Å². The summed E-state index contributed by atoms with van der Waals surface area (Å²) in [5.74, 6) is -0.252. The van der Waals surface area contributed by atoms with E-state index in [4.69, 9.17) is 4.74 Å². The van der Waals surface area contributed by atoms with Gasteiger partial charge in [0.15, 0.2) is 0 Å². The van der Waals surface area contributed by atoms with Crippen LogP contribution in [0.5, 0.6) is 0 Å². The second-order valence-electron chi connectivity index (χ2n) is 8.87. The Kier molecular flexibility index (Phi) is 5.23. The summed E-state index contributed by atoms with van der Waals surface area (Å²) >= 11 is 0. The molecule has 4 heterocycles. The number of carbonyl (C=O) groups excluding carboxylic acids is 3. The Balaban J connectivity index is 1.37. The molecule has 2 atom stereocenters. The maximum Gasteiger partial charge on any atom is 0.263 e. The molecule has 0 bridgehead atoms. The Bertz CT molecular complexity index is 858. The minimum atomic E-state index is -0.228. The zero-order chi connectivity index (χ0) is 20.7. The number of nitrogens with zero attached hydrogens (tertiary/aromatic N) is 3. The van der Waals surface area contributed by atoms with E-state index in [1.807, 2.05) is 17.0 Å². The first-order chi connectivity index (χ1) is 14.6. The minimum absolute atomic E-state index is 0.0390. The zero-order valence-electron chi connectivity index (χ0n) is 17.3. The van der Waals surface area contributed by atoms with Gasteiger partial charge in [-0.25, -0.2) is 0 Å². The summed E-state index contributed by atoms with van der Waals surface area (Å²) in [5.41, 5.74) is 1.76. The third-order valence-electron chi connectivity index (χ3n) is 6.92. The molecule has 3 amide bonds. The first-order valence-corrected chi connectivity index (χ1v) is 11.3. The summed E-state index contributed by atoms with van der Waals surface area (Å²) in [4.78, 5) is 44.6. The number of anilines is 1. The lowest BCUT2D eigenvalue weighted by Crippen LogP contribution is -2.44. The van der Waals surface area contributed by atoms with Crippen molar-refractivity contribution in [3.05, 3.63) is 29.3 Å². The Labute approximate surface area is 176 Å². The third kappa shape index (κ3) is 3.39. The molecule has 4 aliphatic rings. The van der Waals surface area contributed by atoms with Crippen LogP contribution in [0.25, 0.3) is 0 Å². The second-order valence-corrected chi connectivity index (χ2v) is 8.87. The number of hydrogen-bond acceptors (Lipinski definition) is 5. The van der Waals surface area contributed by atoms with E-state index in [1.165, 1.54) is 4.90 Å². The van der Waals surface area contributed by atoms with E-state index in [2.05, 4.69) is 4.90 Å². The van der Waals surface area contributed by atoms with Crippen LogP contribution in [0.3, 0.4) is 0 Å². The predicted octanol–water partition coefficient (Wildman–Crippen LogP) is 2.30. The van der Waals surface area contributed by atoms with Gasteiger partial charge < -0.3 is 14.5 Å². The van der Waals surface area contributed by atoms with Gasteiger partial charge in [0.1, 0.15) is 0 Å². The Morgan fingerprint density at radius 2 is 1.83 bits per heavy atom. The number of rotatable bonds is 4. The molecule has 0 aromatic heterocycles. The molecule has 160 valence electrons. The summed E-state index contributed by atoms with van der Waals surface area (Å²) in [7, 11) is 0. The highest BCUT2D eigenvalue weighted by Crippen LogP contribution is 2.35. The molecule has 0 N–H and O–H groups in total. The average molecular weight is 412 g/mol. The summed E-state index contributed by atoms with van der Waals surface area (Å²) in [6.45, 7) is 4.15. The van der Waals surface area contributed by atoms with Crippen molar-refractivity contribution in [3.63, 3.8) is 0 Å². The Morgan fingerprint density at radius 3 is 2.60 bits per heavy atom. The lowest BCUT2D eigenvalue weighted by atomic mass is 9.95. The number of ether oxygens (including phenoxy) is 1. The van der Waals surface area contributed by atoms with Gasteiger partial charge in [-0.15, -0.1) is 0 Å². The van der Waals surface area contributed by atoms with Crippen molar-refractivity contribution in [2.45, 2.75) is 44.6 Å². The molecule has 3 saturated heterocycles. The molecular formula is C23H29N3O4. The van der Waals surface area contributed by atoms with Crippen molar-refractivity contribution >= 4 is 23.4 Å². The normalized spacial score (nSPS) is 26.6. The number of piperidine rings is 1. The molecule has 4 aliphatic heterocycles. The number of carbonyl (C=O) groups is 3. The van der Waals surface area contributed by atoms with Gasteiger partial charge >= 0.3 is 0 Å². The van der Waals surface area contributed by atoms with Crippen LogP contribution in [0, 0.1) is 5.92 Å². The van der Waals surface area contributed by atoms with Crippen molar-refractivity contribution < 1.29 is 19.1 Å². The molecule has 3 fully saturated rings. The van der Waals surface area contributed by atoms with E-state index in [9.17, 15) is 14.4 Å². The fourth-order valence-electron chi connectivity index (χ4n) is 5.33. The molecule has 7 heteroatoms. The van der Waals surface area contributed by atoms with Crippen LogP contribution in [-0.4, -0.2) is 73.0 Å². The van der Waals surface area contributed by atoms with Crippen molar-refractivity contribution in [1.29, 1.82) is 0 Å². The predicted molar refractivity (Wildman–Crippen MR) is 112 cm³/mol. The van der Waals surface area contributed by atoms with Crippen LogP contribution >= 0.6 is 0 Å². The highest BCUT2D eigenvalue weighted by molar-refractivity contribution is 6.23. The van der Waals surface area contributed by atoms with Gasteiger partial charge in [-0.3, -0.25) is 19.3 Å². The number of fused-ring (bicyclic) bond motifs is 1. The van der Waals surface area contributed by atoms with Gasteiger partial charge in [0.2, 0.25) is 5.91 Å². The van der Waals surface area contributed by atoms with Gasteiger partial charge in [0.05, 0.1) is 35.4 Å². The average Bonchev–Trinajstić information content (AvgIpc) is 3.53. The van der Waals surface area contributed by atoms with Gasteiger partial charge in [0, 0.05) is 32.8 Å². The van der Waals surface area contributed by atoms with Crippen LogP contribution in [0.1, 0.15) is 59.2 Å². The molecule has 30 heavy (non-hydrogen) atoms. The number of imide groups is 1. The summed E-state index contributed by atoms with van der Waals surface area (Å²) < 4.78 is 5.65. The highest BCUT2D eigenvalue weighted by Gasteiger charge is 2.41. The maximum atomic E-state index is 13.2. The molecule has 7 nitrogen and oxygen atoms in total. The smallest absolute Gasteiger partial charge is 0.263 e. The summed E-state index contributed by atoms with van der Waals surface area (Å²) in [6.07, 6.45) is 5.77. The molecule has 0 radical (unpaired) electrons. The first-order valence-electron chi connectivity index (χ1n) is 11.3. The fraction of sp³-hybridized carbons (Fsp3) is 0.609. The topological polar surface area (TPSA) is 70.2 Å². The Hall–Kier alpha value is -2.41. The molecule has 1 aromatic carbocycles. The second kappa shape index (κ2) is 8.02. The van der Waals surface area contributed by atoms with Gasteiger partial charge in [-0.05, 0) is 50.7 Å². The van der Waals surface area contributed by atoms with Crippen molar-refractivity contribution in [3.8, 4) is 0 Å². The highest BCUT2D eigenvalue weighted by atomic mass is 16.5. The third-order valence-corrected chi connectivity index (χ3v) is 6.92. The lowest BCUT2D eigenvalue weighted by molar-refractivity contribution is -0.134. The minimum Gasteiger partial charge on any atom is -0.376 e. The monoisotopic (exact) mass is 411 g/mol. The standard InChI is InChI=1S/C23H29N3O4/c27-21(24-10-1-2-11-24)16-6-4-12-25(14-16)19-9-3-8-18-20(19)23(29)26(22(18)28)15-17-7-5-13-30-17/h3,8-9,16-17H,1-2,4-7,10-15H2/t16-,17+/m1/s1. The van der Waals surface area contributed by atoms with Crippen LogP contribution < -0.4 is 4.90 Å². The van der Waals surface area contributed by atoms with Crippen LogP contribution in [0.4, 0.5) is 5.69 Å². The first kappa shape index (κ1) is 19.5. The number of hydrogen-bond donors (Lipinski definition) is 0. The zero-order valence-corrected chi connectivity index (χ0v) is 17.3. The van der Waals surface area contributed by atoms with Gasteiger partial charge in [-0.2, -0.15) is 0 Å².